The maximum Gasteiger partial charge on any atom is 0.318 e. The fourth-order valence-electron chi connectivity index (χ4n) is 5.58. The van der Waals surface area contributed by atoms with Crippen LogP contribution in [-0.4, -0.2) is 79.5 Å². The Balaban J connectivity index is 1.34. The van der Waals surface area contributed by atoms with Crippen LogP contribution in [0.25, 0.3) is 22.6 Å². The molecule has 0 N–H and O–H groups in total. The van der Waals surface area contributed by atoms with Crippen molar-refractivity contribution in [2.24, 2.45) is 16.9 Å². The smallest absolute Gasteiger partial charge is 0.318 e. The lowest BCUT2D eigenvalue weighted by Crippen LogP contribution is -2.56. The molecule has 9 nitrogen and oxygen atoms in total. The zero-order valence-corrected chi connectivity index (χ0v) is 19.6. The average Bonchev–Trinajstić information content (AvgIpc) is 3.46. The third-order valence-corrected chi connectivity index (χ3v) is 7.25. The van der Waals surface area contributed by atoms with E-state index in [1.54, 1.807) is 6.20 Å². The summed E-state index contributed by atoms with van der Waals surface area (Å²) in [5.74, 6) is 1.15. The van der Waals surface area contributed by atoms with Gasteiger partial charge in [-0.1, -0.05) is 0 Å². The molecule has 34 heavy (non-hydrogen) atoms. The Morgan fingerprint density at radius 1 is 1.12 bits per heavy atom. The van der Waals surface area contributed by atoms with Crippen LogP contribution in [0.15, 0.2) is 23.6 Å². The first kappa shape index (κ1) is 21.4. The number of imidazole rings is 1. The van der Waals surface area contributed by atoms with Gasteiger partial charge >= 0.3 is 6.01 Å². The van der Waals surface area contributed by atoms with Crippen LogP contribution in [0, 0.1) is 24.6 Å². The van der Waals surface area contributed by atoms with Crippen LogP contribution in [-0.2, 0) is 6.54 Å². The fraction of sp³-hybridized carbons (Fsp3) is 0.542. The van der Waals surface area contributed by atoms with Crippen LogP contribution in [0.5, 0.6) is 6.01 Å². The van der Waals surface area contributed by atoms with E-state index in [0.29, 0.717) is 47.8 Å². The van der Waals surface area contributed by atoms with Gasteiger partial charge in [-0.25, -0.2) is 9.37 Å². The Morgan fingerprint density at radius 2 is 1.97 bits per heavy atom. The molecule has 2 bridgehead atoms. The number of halogens is 1. The standard InChI is InChI=1S/C24H29FN8O/c1-3-34-24-28-15(2)21-23(30-24)32(22(29-21)18-8-19(25)11-26-10-18)12-16-9-27-33(13-16)20-14-31-6-4-17(20)5-7-31/h8-11,16-17,20H,3-7,12-14H2,1-2H3. The van der Waals surface area contributed by atoms with Gasteiger partial charge in [0.05, 0.1) is 24.5 Å². The quantitative estimate of drug-likeness (QED) is 0.555. The van der Waals surface area contributed by atoms with E-state index in [-0.39, 0.29) is 5.92 Å². The zero-order chi connectivity index (χ0) is 23.2. The van der Waals surface area contributed by atoms with Crippen molar-refractivity contribution >= 4 is 17.4 Å². The number of hydrazone groups is 1. The summed E-state index contributed by atoms with van der Waals surface area (Å²) in [5.41, 5.74) is 2.71. The minimum atomic E-state index is -0.398. The SMILES string of the molecule is CCOc1nc(C)c2nc(-c3cncc(F)c3)n(CC3C=NN(C4CN5CCC4CC5)C3)c2n1. The maximum absolute atomic E-state index is 14.0. The van der Waals surface area contributed by atoms with Gasteiger partial charge in [-0.3, -0.25) is 9.99 Å². The van der Waals surface area contributed by atoms with Crippen molar-refractivity contribution in [3.63, 3.8) is 0 Å². The highest BCUT2D eigenvalue weighted by atomic mass is 19.1. The van der Waals surface area contributed by atoms with Gasteiger partial charge in [0, 0.05) is 43.5 Å². The van der Waals surface area contributed by atoms with Crippen molar-refractivity contribution < 1.29 is 9.13 Å². The van der Waals surface area contributed by atoms with Crippen molar-refractivity contribution in [3.8, 4) is 17.4 Å². The number of fused-ring (bicyclic) bond motifs is 4. The number of nitrogens with zero attached hydrogens (tertiary/aromatic N) is 8. The lowest BCUT2D eigenvalue weighted by molar-refractivity contribution is 0.00803. The summed E-state index contributed by atoms with van der Waals surface area (Å²) in [4.78, 5) is 20.5. The summed E-state index contributed by atoms with van der Waals surface area (Å²) < 4.78 is 21.7. The van der Waals surface area contributed by atoms with E-state index >= 15 is 0 Å². The molecule has 7 rings (SSSR count). The minimum Gasteiger partial charge on any atom is -0.464 e. The molecule has 3 aromatic rings. The summed E-state index contributed by atoms with van der Waals surface area (Å²) in [7, 11) is 0. The number of piperidine rings is 3. The lowest BCUT2D eigenvalue weighted by Gasteiger charge is -2.47. The Kier molecular flexibility index (Phi) is 5.40. The van der Waals surface area contributed by atoms with Gasteiger partial charge in [0.1, 0.15) is 17.2 Å². The molecule has 2 atom stereocenters. The molecule has 0 aromatic carbocycles. The van der Waals surface area contributed by atoms with Gasteiger partial charge in [0.25, 0.3) is 0 Å². The van der Waals surface area contributed by atoms with Crippen molar-refractivity contribution in [2.45, 2.75) is 39.3 Å². The monoisotopic (exact) mass is 464 g/mol. The van der Waals surface area contributed by atoms with E-state index in [1.165, 1.54) is 38.2 Å². The first-order chi connectivity index (χ1) is 16.6. The van der Waals surface area contributed by atoms with Crippen LogP contribution in [0.3, 0.4) is 0 Å². The van der Waals surface area contributed by atoms with Crippen molar-refractivity contribution in [3.05, 3.63) is 30.0 Å². The molecule has 3 fully saturated rings. The Labute approximate surface area is 197 Å². The van der Waals surface area contributed by atoms with Gasteiger partial charge in [-0.2, -0.15) is 15.1 Å². The van der Waals surface area contributed by atoms with Gasteiger partial charge in [0.2, 0.25) is 0 Å². The largest absolute Gasteiger partial charge is 0.464 e. The van der Waals surface area contributed by atoms with Crippen molar-refractivity contribution in [1.29, 1.82) is 0 Å². The fourth-order valence-corrected chi connectivity index (χ4v) is 5.58. The first-order valence-electron chi connectivity index (χ1n) is 12.1. The maximum atomic E-state index is 14.0. The van der Waals surface area contributed by atoms with Crippen LogP contribution < -0.4 is 4.74 Å². The number of ether oxygens (including phenoxy) is 1. The normalized spacial score (nSPS) is 26.0. The lowest BCUT2D eigenvalue weighted by atomic mass is 9.83. The molecule has 3 saturated heterocycles. The summed E-state index contributed by atoms with van der Waals surface area (Å²) >= 11 is 0. The number of hydrogen-bond acceptors (Lipinski definition) is 8. The molecule has 3 aromatic heterocycles. The molecular formula is C24H29FN8O. The number of pyridine rings is 1. The summed E-state index contributed by atoms with van der Waals surface area (Å²) in [6.45, 7) is 9.30. The molecule has 0 amide bonds. The van der Waals surface area contributed by atoms with E-state index in [4.69, 9.17) is 14.8 Å². The Bertz CT molecular complexity index is 1240. The molecule has 10 heteroatoms. The number of rotatable bonds is 6. The predicted molar refractivity (Wildman–Crippen MR) is 126 cm³/mol. The molecule has 0 radical (unpaired) electrons. The van der Waals surface area contributed by atoms with Crippen LogP contribution in [0.2, 0.25) is 0 Å². The van der Waals surface area contributed by atoms with Crippen molar-refractivity contribution in [1.82, 2.24) is 34.4 Å². The van der Waals surface area contributed by atoms with E-state index in [1.807, 2.05) is 18.4 Å². The van der Waals surface area contributed by atoms with Crippen molar-refractivity contribution in [2.75, 3.05) is 32.8 Å². The Morgan fingerprint density at radius 3 is 2.71 bits per heavy atom. The van der Waals surface area contributed by atoms with E-state index in [9.17, 15) is 4.39 Å². The van der Waals surface area contributed by atoms with E-state index < -0.39 is 5.82 Å². The number of hydrogen-bond donors (Lipinski definition) is 0. The first-order valence-corrected chi connectivity index (χ1v) is 12.1. The van der Waals surface area contributed by atoms with Crippen LogP contribution >= 0.6 is 0 Å². The zero-order valence-electron chi connectivity index (χ0n) is 19.6. The van der Waals surface area contributed by atoms with Gasteiger partial charge in [0.15, 0.2) is 5.65 Å². The Hall–Kier alpha value is -3.14. The molecular weight excluding hydrogens is 435 g/mol. The number of aromatic nitrogens is 5. The molecule has 178 valence electrons. The third-order valence-electron chi connectivity index (χ3n) is 7.25. The number of aryl methyl sites for hydroxylation is 1. The molecule has 7 heterocycles. The van der Waals surface area contributed by atoms with Crippen LogP contribution in [0.4, 0.5) is 4.39 Å². The molecule has 0 saturated carbocycles. The van der Waals surface area contributed by atoms with Gasteiger partial charge in [-0.05, 0) is 51.8 Å². The topological polar surface area (TPSA) is 84.6 Å². The van der Waals surface area contributed by atoms with E-state index in [2.05, 4.69) is 31.1 Å². The van der Waals surface area contributed by atoms with Gasteiger partial charge < -0.3 is 14.2 Å². The third kappa shape index (κ3) is 3.79. The summed E-state index contributed by atoms with van der Waals surface area (Å²) in [6.07, 6.45) is 7.41. The highest BCUT2D eigenvalue weighted by molar-refractivity contribution is 5.79. The molecule has 4 aliphatic rings. The summed E-state index contributed by atoms with van der Waals surface area (Å²) in [6, 6.07) is 2.27. The van der Waals surface area contributed by atoms with E-state index in [0.717, 1.165) is 24.7 Å². The van der Waals surface area contributed by atoms with Gasteiger partial charge in [-0.15, -0.1) is 0 Å². The highest BCUT2D eigenvalue weighted by Gasteiger charge is 2.39. The molecule has 4 aliphatic heterocycles. The second-order valence-electron chi connectivity index (χ2n) is 9.49. The summed E-state index contributed by atoms with van der Waals surface area (Å²) in [5, 5.41) is 7.11. The second-order valence-corrected chi connectivity index (χ2v) is 9.49. The molecule has 0 aliphatic carbocycles. The predicted octanol–water partition coefficient (Wildman–Crippen LogP) is 2.75. The second kappa shape index (κ2) is 8.57. The van der Waals surface area contributed by atoms with Crippen LogP contribution in [0.1, 0.15) is 25.5 Å². The average molecular weight is 465 g/mol. The minimum absolute atomic E-state index is 0.193. The molecule has 2 unspecified atom stereocenters. The molecule has 0 spiro atoms. The highest BCUT2D eigenvalue weighted by Crippen LogP contribution is 2.33.